The molecular weight excluding hydrogens is 368 g/mol. The standard InChI is InChI=1S/C23H30N2O2S/c1-18(2)22(28-17-19-7-4-3-5-8-19)23(26)24-21-10-6-9-20(15-21)16-25-11-13-27-14-12-25/h3-10,15,18,22H,11-14,16-17H2,1-2H3,(H,24,26). The molecule has 5 heteroatoms. The summed E-state index contributed by atoms with van der Waals surface area (Å²) in [6.45, 7) is 8.62. The van der Waals surface area contributed by atoms with Gasteiger partial charge in [0.15, 0.2) is 0 Å². The minimum Gasteiger partial charge on any atom is -0.379 e. The van der Waals surface area contributed by atoms with E-state index in [2.05, 4.69) is 48.3 Å². The molecule has 0 saturated carbocycles. The van der Waals surface area contributed by atoms with E-state index in [0.717, 1.165) is 44.3 Å². The van der Waals surface area contributed by atoms with E-state index in [9.17, 15) is 4.79 Å². The Morgan fingerprint density at radius 3 is 2.50 bits per heavy atom. The van der Waals surface area contributed by atoms with Gasteiger partial charge in [-0.15, -0.1) is 11.8 Å². The lowest BCUT2D eigenvalue weighted by Gasteiger charge is -2.26. The maximum absolute atomic E-state index is 12.9. The normalized spacial score (nSPS) is 16.1. The molecule has 3 rings (SSSR count). The molecule has 2 aromatic carbocycles. The van der Waals surface area contributed by atoms with Gasteiger partial charge in [0.1, 0.15) is 0 Å². The van der Waals surface area contributed by atoms with Gasteiger partial charge in [0.2, 0.25) is 5.91 Å². The van der Waals surface area contributed by atoms with Crippen LogP contribution in [0.4, 0.5) is 5.69 Å². The van der Waals surface area contributed by atoms with Crippen molar-refractivity contribution >= 4 is 23.4 Å². The molecule has 1 heterocycles. The van der Waals surface area contributed by atoms with Crippen molar-refractivity contribution in [3.05, 3.63) is 65.7 Å². The molecule has 150 valence electrons. The Morgan fingerprint density at radius 2 is 1.79 bits per heavy atom. The molecule has 1 saturated heterocycles. The molecule has 0 bridgehead atoms. The van der Waals surface area contributed by atoms with Gasteiger partial charge in [0.05, 0.1) is 18.5 Å². The molecule has 0 spiro atoms. The van der Waals surface area contributed by atoms with E-state index >= 15 is 0 Å². The van der Waals surface area contributed by atoms with Gasteiger partial charge < -0.3 is 10.1 Å². The number of thioether (sulfide) groups is 1. The summed E-state index contributed by atoms with van der Waals surface area (Å²) in [5, 5.41) is 3.05. The average Bonchev–Trinajstić information content (AvgIpc) is 2.70. The predicted octanol–water partition coefficient (Wildman–Crippen LogP) is 4.42. The zero-order valence-electron chi connectivity index (χ0n) is 16.8. The third kappa shape index (κ3) is 6.36. The minimum atomic E-state index is -0.0805. The SMILES string of the molecule is CC(C)C(SCc1ccccc1)C(=O)Nc1cccc(CN2CCOCC2)c1. The third-order valence-corrected chi connectivity index (χ3v) is 6.46. The number of amides is 1. The van der Waals surface area contributed by atoms with Crippen LogP contribution in [0.3, 0.4) is 0 Å². The lowest BCUT2D eigenvalue weighted by Crippen LogP contribution is -2.35. The second kappa shape index (κ2) is 10.6. The average molecular weight is 399 g/mol. The molecule has 2 aromatic rings. The van der Waals surface area contributed by atoms with E-state index in [0.29, 0.717) is 0 Å². The molecule has 28 heavy (non-hydrogen) atoms. The van der Waals surface area contributed by atoms with Crippen molar-refractivity contribution in [1.29, 1.82) is 0 Å². The van der Waals surface area contributed by atoms with E-state index in [-0.39, 0.29) is 17.1 Å². The molecular formula is C23H30N2O2S. The number of ether oxygens (including phenoxy) is 1. The van der Waals surface area contributed by atoms with Crippen LogP contribution in [0.25, 0.3) is 0 Å². The summed E-state index contributed by atoms with van der Waals surface area (Å²) in [6.07, 6.45) is 0. The largest absolute Gasteiger partial charge is 0.379 e. The smallest absolute Gasteiger partial charge is 0.237 e. The summed E-state index contributed by atoms with van der Waals surface area (Å²) >= 11 is 1.71. The Balaban J connectivity index is 1.58. The number of hydrogen-bond acceptors (Lipinski definition) is 4. The van der Waals surface area contributed by atoms with Gasteiger partial charge in [-0.1, -0.05) is 56.3 Å². The number of hydrogen-bond donors (Lipinski definition) is 1. The second-order valence-corrected chi connectivity index (χ2v) is 8.67. The number of nitrogens with one attached hydrogen (secondary N) is 1. The Kier molecular flexibility index (Phi) is 7.95. The van der Waals surface area contributed by atoms with E-state index < -0.39 is 0 Å². The van der Waals surface area contributed by atoms with E-state index in [1.54, 1.807) is 11.8 Å². The summed E-state index contributed by atoms with van der Waals surface area (Å²) in [5.74, 6) is 1.19. The van der Waals surface area contributed by atoms with E-state index in [1.807, 2.05) is 30.3 Å². The Bertz CT molecular complexity index is 745. The monoisotopic (exact) mass is 398 g/mol. The minimum absolute atomic E-state index is 0.0805. The number of carbonyl (C=O) groups excluding carboxylic acids is 1. The molecule has 0 radical (unpaired) electrons. The first-order chi connectivity index (χ1) is 13.6. The first-order valence-electron chi connectivity index (χ1n) is 9.97. The molecule has 4 nitrogen and oxygen atoms in total. The van der Waals surface area contributed by atoms with Crippen LogP contribution in [0.1, 0.15) is 25.0 Å². The number of morpholine rings is 1. The molecule has 0 aromatic heterocycles. The predicted molar refractivity (Wildman–Crippen MR) is 118 cm³/mol. The molecule has 1 fully saturated rings. The molecule has 1 amide bonds. The third-order valence-electron chi connectivity index (χ3n) is 4.84. The lowest BCUT2D eigenvalue weighted by atomic mass is 10.1. The molecule has 1 aliphatic heterocycles. The Labute approximate surface area is 172 Å². The van der Waals surface area contributed by atoms with Crippen LogP contribution in [-0.2, 0) is 21.8 Å². The van der Waals surface area contributed by atoms with Crippen molar-refractivity contribution in [1.82, 2.24) is 4.90 Å². The van der Waals surface area contributed by atoms with E-state index in [4.69, 9.17) is 4.74 Å². The number of rotatable bonds is 8. The summed E-state index contributed by atoms with van der Waals surface area (Å²) in [6, 6.07) is 18.5. The second-order valence-electron chi connectivity index (χ2n) is 7.54. The lowest BCUT2D eigenvalue weighted by molar-refractivity contribution is -0.116. The van der Waals surface area contributed by atoms with Crippen LogP contribution in [-0.4, -0.2) is 42.4 Å². The van der Waals surface area contributed by atoms with Crippen LogP contribution in [0, 0.1) is 5.92 Å². The summed E-state index contributed by atoms with van der Waals surface area (Å²) < 4.78 is 5.42. The maximum Gasteiger partial charge on any atom is 0.237 e. The fourth-order valence-corrected chi connectivity index (χ4v) is 4.47. The summed E-state index contributed by atoms with van der Waals surface area (Å²) in [7, 11) is 0. The van der Waals surface area contributed by atoms with Gasteiger partial charge in [0.25, 0.3) is 0 Å². The zero-order valence-corrected chi connectivity index (χ0v) is 17.6. The molecule has 1 N–H and O–H groups in total. The van der Waals surface area contributed by atoms with Crippen molar-refractivity contribution in [2.45, 2.75) is 31.4 Å². The Morgan fingerprint density at radius 1 is 1.07 bits per heavy atom. The summed E-state index contributed by atoms with van der Waals surface area (Å²) in [4.78, 5) is 15.3. The van der Waals surface area contributed by atoms with Crippen LogP contribution in [0.5, 0.6) is 0 Å². The van der Waals surface area contributed by atoms with Crippen molar-refractivity contribution in [2.24, 2.45) is 5.92 Å². The Hall–Kier alpha value is -1.82. The van der Waals surface area contributed by atoms with Crippen molar-refractivity contribution in [2.75, 3.05) is 31.6 Å². The van der Waals surface area contributed by atoms with E-state index in [1.165, 1.54) is 11.1 Å². The van der Waals surface area contributed by atoms with Crippen LogP contribution >= 0.6 is 11.8 Å². The van der Waals surface area contributed by atoms with Gasteiger partial charge in [-0.25, -0.2) is 0 Å². The number of carbonyl (C=O) groups is 1. The molecule has 1 aliphatic rings. The maximum atomic E-state index is 12.9. The highest BCUT2D eigenvalue weighted by Crippen LogP contribution is 2.25. The van der Waals surface area contributed by atoms with Crippen molar-refractivity contribution in [3.8, 4) is 0 Å². The zero-order chi connectivity index (χ0) is 19.8. The van der Waals surface area contributed by atoms with Crippen LogP contribution < -0.4 is 5.32 Å². The number of benzene rings is 2. The first kappa shape index (κ1) is 20.9. The van der Waals surface area contributed by atoms with Gasteiger partial charge in [0, 0.05) is 31.1 Å². The molecule has 0 aliphatic carbocycles. The van der Waals surface area contributed by atoms with Gasteiger partial charge in [-0.2, -0.15) is 0 Å². The fraction of sp³-hybridized carbons (Fsp3) is 0.435. The van der Waals surface area contributed by atoms with Crippen LogP contribution in [0.15, 0.2) is 54.6 Å². The highest BCUT2D eigenvalue weighted by molar-refractivity contribution is 7.99. The van der Waals surface area contributed by atoms with Crippen LogP contribution in [0.2, 0.25) is 0 Å². The highest BCUT2D eigenvalue weighted by atomic mass is 32.2. The molecule has 1 atom stereocenters. The molecule has 1 unspecified atom stereocenters. The number of nitrogens with zero attached hydrogens (tertiary/aromatic N) is 1. The summed E-state index contributed by atoms with van der Waals surface area (Å²) in [5.41, 5.74) is 3.35. The van der Waals surface area contributed by atoms with Crippen molar-refractivity contribution in [3.63, 3.8) is 0 Å². The topological polar surface area (TPSA) is 41.6 Å². The quantitative estimate of drug-likeness (QED) is 0.715. The number of anilines is 1. The first-order valence-corrected chi connectivity index (χ1v) is 11.0. The fourth-order valence-electron chi connectivity index (χ4n) is 3.31. The van der Waals surface area contributed by atoms with Gasteiger partial charge in [-0.05, 0) is 29.2 Å². The highest BCUT2D eigenvalue weighted by Gasteiger charge is 2.23. The van der Waals surface area contributed by atoms with Gasteiger partial charge >= 0.3 is 0 Å². The van der Waals surface area contributed by atoms with Gasteiger partial charge in [-0.3, -0.25) is 9.69 Å². The van der Waals surface area contributed by atoms with Crippen molar-refractivity contribution < 1.29 is 9.53 Å².